The van der Waals surface area contributed by atoms with Crippen LogP contribution in [0.25, 0.3) is 0 Å². The van der Waals surface area contributed by atoms with Crippen LogP contribution in [0.3, 0.4) is 0 Å². The highest BCUT2D eigenvalue weighted by Crippen LogP contribution is 2.87. The van der Waals surface area contributed by atoms with Gasteiger partial charge in [0.25, 0.3) is 0 Å². The topological polar surface area (TPSA) is 70.8 Å². The van der Waals surface area contributed by atoms with Crippen molar-refractivity contribution >= 4 is 5.97 Å². The van der Waals surface area contributed by atoms with Crippen molar-refractivity contribution in [2.75, 3.05) is 19.8 Å². The molecule has 0 amide bonds. The zero-order valence-corrected chi connectivity index (χ0v) is 17.7. The monoisotopic (exact) mass is 411 g/mol. The second kappa shape index (κ2) is 4.54. The van der Waals surface area contributed by atoms with Gasteiger partial charge in [-0.2, -0.15) is 0 Å². The van der Waals surface area contributed by atoms with Gasteiger partial charge in [-0.15, -0.1) is 0 Å². The van der Waals surface area contributed by atoms with Gasteiger partial charge in [-0.25, -0.2) is 0 Å². The molecule has 7 atom stereocenters. The van der Waals surface area contributed by atoms with Crippen molar-refractivity contribution < 1.29 is 19.0 Å². The number of hydrogen-bond acceptors (Lipinski definition) is 5. The van der Waals surface area contributed by atoms with E-state index < -0.39 is 0 Å². The minimum Gasteiger partial charge on any atom is -0.465 e. The summed E-state index contributed by atoms with van der Waals surface area (Å²) in [5.41, 5.74) is 7.44. The largest absolute Gasteiger partial charge is 0.465 e. The summed E-state index contributed by atoms with van der Waals surface area (Å²) >= 11 is 0. The third-order valence-electron chi connectivity index (χ3n) is 12.8. The van der Waals surface area contributed by atoms with Gasteiger partial charge in [0.1, 0.15) is 0 Å². The van der Waals surface area contributed by atoms with Crippen molar-refractivity contribution in [1.82, 2.24) is 0 Å². The maximum Gasteiger partial charge on any atom is 0.312 e. The van der Waals surface area contributed by atoms with Gasteiger partial charge >= 0.3 is 5.97 Å². The van der Waals surface area contributed by atoms with Crippen molar-refractivity contribution in [1.29, 1.82) is 0 Å². The molecule has 3 spiro atoms. The van der Waals surface area contributed by atoms with Crippen molar-refractivity contribution in [2.45, 2.75) is 69.1 Å². The van der Waals surface area contributed by atoms with E-state index in [1.165, 1.54) is 38.5 Å². The first-order valence-corrected chi connectivity index (χ1v) is 12.7. The van der Waals surface area contributed by atoms with Crippen LogP contribution in [0, 0.1) is 57.7 Å². The minimum absolute atomic E-state index is 0.0478. The molecular formula is C25H33NO4. The van der Waals surface area contributed by atoms with Crippen LogP contribution < -0.4 is 5.73 Å². The second-order valence-corrected chi connectivity index (χ2v) is 13.4. The van der Waals surface area contributed by atoms with Crippen LogP contribution in [0.15, 0.2) is 0 Å². The number of ether oxygens (including phenoxy) is 3. The maximum absolute atomic E-state index is 13.2. The van der Waals surface area contributed by atoms with E-state index in [1.54, 1.807) is 0 Å². The van der Waals surface area contributed by atoms with Gasteiger partial charge < -0.3 is 19.9 Å². The molecule has 30 heavy (non-hydrogen) atoms. The van der Waals surface area contributed by atoms with E-state index in [2.05, 4.69) is 0 Å². The Morgan fingerprint density at radius 3 is 2.40 bits per heavy atom. The molecule has 9 aliphatic rings. The average Bonchev–Trinajstić information content (AvgIpc) is 3.39. The maximum atomic E-state index is 13.2. The molecule has 9 rings (SSSR count). The molecule has 1 heterocycles. The lowest BCUT2D eigenvalue weighted by molar-refractivity contribution is -0.457. The molecule has 5 heteroatoms. The Morgan fingerprint density at radius 2 is 1.70 bits per heavy atom. The van der Waals surface area contributed by atoms with Gasteiger partial charge in [-0.05, 0) is 92.3 Å². The standard InChI is InChI=1S/C25H33NO4/c26-21-5-15-3-18-23(15,12-21)19(8-21)25(18)29-10-14(11-30-25)9-28-20(27)22-6-16-1-13-2-17(7-22)24(16,22)4-13/h13-19H,1-12,26H2. The van der Waals surface area contributed by atoms with Crippen LogP contribution in [0.2, 0.25) is 0 Å². The number of nitrogens with two attached hydrogens (primary N) is 1. The zero-order chi connectivity index (χ0) is 19.7. The average molecular weight is 412 g/mol. The SMILES string of the molecule is NC12CC3CC4C5(OCC(COC(=O)C67CC8CC9CC(C6)C87C9)CO5)C(C1)C34C2. The molecule has 0 aromatic rings. The van der Waals surface area contributed by atoms with E-state index in [0.29, 0.717) is 42.5 Å². The first-order valence-electron chi connectivity index (χ1n) is 12.7. The lowest BCUT2D eigenvalue weighted by Crippen LogP contribution is -2.79. The van der Waals surface area contributed by atoms with Crippen LogP contribution in [-0.2, 0) is 19.0 Å². The quantitative estimate of drug-likeness (QED) is 0.723. The van der Waals surface area contributed by atoms with Crippen LogP contribution >= 0.6 is 0 Å². The molecule has 7 unspecified atom stereocenters. The van der Waals surface area contributed by atoms with Crippen molar-refractivity contribution in [2.24, 2.45) is 63.4 Å². The third kappa shape index (κ3) is 1.40. The fraction of sp³-hybridized carbons (Fsp3) is 0.960. The van der Waals surface area contributed by atoms with E-state index in [-0.39, 0.29) is 28.6 Å². The fourth-order valence-corrected chi connectivity index (χ4v) is 12.1. The molecule has 1 aliphatic heterocycles. The molecule has 0 radical (unpaired) electrons. The summed E-state index contributed by atoms with van der Waals surface area (Å²) in [6.07, 6.45) is 11.0. The molecule has 4 bridgehead atoms. The van der Waals surface area contributed by atoms with Gasteiger partial charge in [0.05, 0.1) is 25.2 Å². The second-order valence-electron chi connectivity index (χ2n) is 13.4. The number of carbonyl (C=O) groups is 1. The normalized spacial score (nSPS) is 69.0. The lowest BCUT2D eigenvalue weighted by Gasteiger charge is -2.75. The predicted molar refractivity (Wildman–Crippen MR) is 106 cm³/mol. The number of rotatable bonds is 3. The van der Waals surface area contributed by atoms with Crippen LogP contribution in [-0.4, -0.2) is 37.1 Å². The molecule has 8 aliphatic carbocycles. The van der Waals surface area contributed by atoms with E-state index in [0.717, 1.165) is 42.9 Å². The van der Waals surface area contributed by atoms with Gasteiger partial charge in [0, 0.05) is 23.3 Å². The van der Waals surface area contributed by atoms with Crippen LogP contribution in [0.5, 0.6) is 0 Å². The molecular weight excluding hydrogens is 378 g/mol. The first kappa shape index (κ1) is 16.9. The number of fused-ring (bicyclic) bond motifs is 4. The summed E-state index contributed by atoms with van der Waals surface area (Å²) in [5, 5.41) is 0. The Morgan fingerprint density at radius 1 is 0.933 bits per heavy atom. The molecule has 9 fully saturated rings. The summed E-state index contributed by atoms with van der Waals surface area (Å²) in [5.74, 6) is 4.38. The minimum atomic E-state index is -0.360. The molecule has 8 saturated carbocycles. The Labute approximate surface area is 177 Å². The summed E-state index contributed by atoms with van der Waals surface area (Å²) < 4.78 is 18.9. The highest BCUT2D eigenvalue weighted by Gasteiger charge is 2.88. The molecule has 2 N–H and O–H groups in total. The molecule has 1 saturated heterocycles. The highest BCUT2D eigenvalue weighted by atomic mass is 16.7. The summed E-state index contributed by atoms with van der Waals surface area (Å²) in [6.45, 7) is 1.81. The van der Waals surface area contributed by atoms with Gasteiger partial charge in [0.15, 0.2) is 5.79 Å². The van der Waals surface area contributed by atoms with Crippen molar-refractivity contribution in [3.63, 3.8) is 0 Å². The summed E-state index contributed by atoms with van der Waals surface area (Å²) in [6, 6.07) is 0. The van der Waals surface area contributed by atoms with E-state index >= 15 is 0 Å². The van der Waals surface area contributed by atoms with Crippen LogP contribution in [0.4, 0.5) is 0 Å². The van der Waals surface area contributed by atoms with Gasteiger partial charge in [0.2, 0.25) is 0 Å². The number of esters is 1. The molecule has 0 aromatic heterocycles. The Bertz CT molecular complexity index is 878. The Hall–Kier alpha value is -0.650. The Kier molecular flexibility index (Phi) is 2.56. The summed E-state index contributed by atoms with van der Waals surface area (Å²) in [7, 11) is 0. The summed E-state index contributed by atoms with van der Waals surface area (Å²) in [4.78, 5) is 13.2. The number of carbonyl (C=O) groups excluding carboxylic acids is 1. The smallest absolute Gasteiger partial charge is 0.312 e. The lowest BCUT2D eigenvalue weighted by atomic mass is 9.30. The van der Waals surface area contributed by atoms with Crippen molar-refractivity contribution in [3.05, 3.63) is 0 Å². The molecule has 5 nitrogen and oxygen atoms in total. The zero-order valence-electron chi connectivity index (χ0n) is 17.7. The van der Waals surface area contributed by atoms with Gasteiger partial charge in [-0.3, -0.25) is 4.79 Å². The predicted octanol–water partition coefficient (Wildman–Crippen LogP) is 2.86. The van der Waals surface area contributed by atoms with Crippen LogP contribution in [0.1, 0.15) is 57.8 Å². The Balaban J connectivity index is 0.864. The van der Waals surface area contributed by atoms with E-state index in [9.17, 15) is 4.79 Å². The molecule has 0 aromatic carbocycles. The number of hydrogen-bond donors (Lipinski definition) is 1. The van der Waals surface area contributed by atoms with Gasteiger partial charge in [-0.1, -0.05) is 0 Å². The van der Waals surface area contributed by atoms with E-state index in [1.807, 2.05) is 0 Å². The fourth-order valence-electron chi connectivity index (χ4n) is 12.1. The van der Waals surface area contributed by atoms with E-state index in [4.69, 9.17) is 19.9 Å². The molecule has 162 valence electrons. The highest BCUT2D eigenvalue weighted by molar-refractivity contribution is 5.82. The first-order chi connectivity index (χ1) is 14.4. The third-order valence-corrected chi connectivity index (χ3v) is 12.8. The van der Waals surface area contributed by atoms with Crippen molar-refractivity contribution in [3.8, 4) is 0 Å².